The normalized spacial score (nSPS) is 43.6. The van der Waals surface area contributed by atoms with Crippen LogP contribution in [0.25, 0.3) is 0 Å². The molecule has 80 valence electrons. The molecule has 0 aromatic rings. The molecule has 1 nitrogen and oxygen atoms in total. The molecule has 0 heterocycles. The van der Waals surface area contributed by atoms with Gasteiger partial charge in [0, 0.05) is 0 Å². The van der Waals surface area contributed by atoms with Crippen LogP contribution in [-0.4, -0.2) is 10.7 Å². The fraction of sp³-hybridized carbons (Fsp3) is 0.846. The molecule has 0 aliphatic heterocycles. The first-order chi connectivity index (χ1) is 6.39. The number of hydrogen-bond donors (Lipinski definition) is 1. The second-order valence-electron chi connectivity index (χ2n) is 6.00. The molecule has 1 heteroatoms. The van der Waals surface area contributed by atoms with E-state index in [9.17, 15) is 5.11 Å². The maximum atomic E-state index is 10.4. The second kappa shape index (κ2) is 2.85. The molecule has 0 aromatic heterocycles. The van der Waals surface area contributed by atoms with E-state index in [-0.39, 0.29) is 0 Å². The topological polar surface area (TPSA) is 20.2 Å². The first-order valence-electron chi connectivity index (χ1n) is 5.75. The van der Waals surface area contributed by atoms with Gasteiger partial charge in [0.25, 0.3) is 0 Å². The number of hydrogen-bond acceptors (Lipinski definition) is 1. The first kappa shape index (κ1) is 10.2. The van der Waals surface area contributed by atoms with E-state index in [1.54, 1.807) is 6.08 Å². The molecule has 1 N–H and O–H groups in total. The highest BCUT2D eigenvalue weighted by Gasteiger charge is 2.57. The summed E-state index contributed by atoms with van der Waals surface area (Å²) in [5, 5.41) is 10.4. The average molecular weight is 194 g/mol. The number of fused-ring (bicyclic) bond motifs is 2. The molecule has 4 unspecified atom stereocenters. The first-order valence-corrected chi connectivity index (χ1v) is 5.75. The van der Waals surface area contributed by atoms with Crippen molar-refractivity contribution < 1.29 is 5.11 Å². The van der Waals surface area contributed by atoms with Crippen molar-refractivity contribution in [1.29, 1.82) is 0 Å². The average Bonchev–Trinajstić information content (AvgIpc) is 2.60. The van der Waals surface area contributed by atoms with Crippen LogP contribution in [0, 0.1) is 23.2 Å². The van der Waals surface area contributed by atoms with Crippen LogP contribution >= 0.6 is 0 Å². The van der Waals surface area contributed by atoms with Crippen molar-refractivity contribution in [2.24, 2.45) is 23.2 Å². The van der Waals surface area contributed by atoms with Crippen LogP contribution in [0.3, 0.4) is 0 Å². The molecule has 0 radical (unpaired) electrons. The van der Waals surface area contributed by atoms with Gasteiger partial charge in [-0.1, -0.05) is 19.9 Å². The Morgan fingerprint density at radius 3 is 2.50 bits per heavy atom. The lowest BCUT2D eigenvalue weighted by molar-refractivity contribution is -0.0443. The summed E-state index contributed by atoms with van der Waals surface area (Å²) in [7, 11) is 0. The van der Waals surface area contributed by atoms with Crippen LogP contribution in [0.4, 0.5) is 0 Å². The smallest absolute Gasteiger partial charge is 0.0832 e. The highest BCUT2D eigenvalue weighted by atomic mass is 16.3. The molecular weight excluding hydrogens is 172 g/mol. The van der Waals surface area contributed by atoms with Crippen molar-refractivity contribution in [2.75, 3.05) is 0 Å². The van der Waals surface area contributed by atoms with Crippen molar-refractivity contribution in [1.82, 2.24) is 0 Å². The predicted molar refractivity (Wildman–Crippen MR) is 58.9 cm³/mol. The van der Waals surface area contributed by atoms with Gasteiger partial charge in [0.2, 0.25) is 0 Å². The molecule has 2 fully saturated rings. The molecule has 2 aliphatic carbocycles. The molecule has 0 spiro atoms. The maximum Gasteiger partial charge on any atom is 0.0832 e. The third-order valence-corrected chi connectivity index (χ3v) is 4.84. The maximum absolute atomic E-state index is 10.4. The van der Waals surface area contributed by atoms with E-state index in [4.69, 9.17) is 0 Å². The fourth-order valence-corrected chi connectivity index (χ4v) is 4.21. The lowest BCUT2D eigenvalue weighted by Gasteiger charge is -2.45. The Morgan fingerprint density at radius 1 is 1.43 bits per heavy atom. The van der Waals surface area contributed by atoms with Crippen molar-refractivity contribution in [3.05, 3.63) is 12.7 Å². The monoisotopic (exact) mass is 194 g/mol. The summed E-state index contributed by atoms with van der Waals surface area (Å²) in [4.78, 5) is 0. The Balaban J connectivity index is 2.32. The van der Waals surface area contributed by atoms with Crippen molar-refractivity contribution in [2.45, 2.75) is 45.6 Å². The number of rotatable bonds is 2. The summed E-state index contributed by atoms with van der Waals surface area (Å²) in [5.74, 6) is 1.96. The largest absolute Gasteiger partial charge is 0.386 e. The van der Waals surface area contributed by atoms with Crippen LogP contribution in [0.15, 0.2) is 12.7 Å². The van der Waals surface area contributed by atoms with Gasteiger partial charge in [-0.15, -0.1) is 6.58 Å². The highest BCUT2D eigenvalue weighted by Crippen LogP contribution is 2.62. The predicted octanol–water partition coefficient (Wildman–Crippen LogP) is 3.00. The molecule has 2 saturated carbocycles. The summed E-state index contributed by atoms with van der Waals surface area (Å²) >= 11 is 0. The molecule has 2 bridgehead atoms. The van der Waals surface area contributed by atoms with E-state index in [0.29, 0.717) is 11.3 Å². The van der Waals surface area contributed by atoms with Crippen LogP contribution in [-0.2, 0) is 0 Å². The van der Waals surface area contributed by atoms with Gasteiger partial charge >= 0.3 is 0 Å². The second-order valence-corrected chi connectivity index (χ2v) is 6.00. The Hall–Kier alpha value is -0.300. The SMILES string of the molecule is C=CC(C)(O)C1C2CCC(C2)C1(C)C. The van der Waals surface area contributed by atoms with Crippen LogP contribution in [0.2, 0.25) is 0 Å². The quantitative estimate of drug-likeness (QED) is 0.670. The fourth-order valence-electron chi connectivity index (χ4n) is 4.21. The summed E-state index contributed by atoms with van der Waals surface area (Å²) in [5.41, 5.74) is -0.385. The molecule has 2 aliphatic rings. The minimum Gasteiger partial charge on any atom is -0.386 e. The van der Waals surface area contributed by atoms with E-state index in [2.05, 4.69) is 20.4 Å². The van der Waals surface area contributed by atoms with Gasteiger partial charge < -0.3 is 5.11 Å². The minimum atomic E-state index is -0.677. The summed E-state index contributed by atoms with van der Waals surface area (Å²) in [6.45, 7) is 10.3. The molecule has 0 saturated heterocycles. The van der Waals surface area contributed by atoms with Crippen LogP contribution in [0.1, 0.15) is 40.0 Å². The van der Waals surface area contributed by atoms with E-state index >= 15 is 0 Å². The van der Waals surface area contributed by atoms with E-state index in [1.807, 2.05) is 6.92 Å². The van der Waals surface area contributed by atoms with E-state index in [0.717, 1.165) is 11.8 Å². The Morgan fingerprint density at radius 2 is 2.07 bits per heavy atom. The third kappa shape index (κ3) is 1.18. The molecule has 2 rings (SSSR count). The zero-order valence-corrected chi connectivity index (χ0v) is 9.59. The molecule has 0 aromatic carbocycles. The summed E-state index contributed by atoms with van der Waals surface area (Å²) in [6, 6.07) is 0. The van der Waals surface area contributed by atoms with E-state index < -0.39 is 5.60 Å². The summed E-state index contributed by atoms with van der Waals surface area (Å²) in [6.07, 6.45) is 5.73. The number of aliphatic hydroxyl groups is 1. The van der Waals surface area contributed by atoms with Gasteiger partial charge in [-0.3, -0.25) is 0 Å². The van der Waals surface area contributed by atoms with Crippen LogP contribution in [0.5, 0.6) is 0 Å². The Kier molecular flexibility index (Phi) is 2.08. The van der Waals surface area contributed by atoms with Gasteiger partial charge in [0.05, 0.1) is 5.60 Å². The van der Waals surface area contributed by atoms with Gasteiger partial charge in [-0.25, -0.2) is 0 Å². The highest BCUT2D eigenvalue weighted by molar-refractivity contribution is 5.12. The molecular formula is C13H22O. The van der Waals surface area contributed by atoms with Crippen LogP contribution < -0.4 is 0 Å². The lowest BCUT2D eigenvalue weighted by atomic mass is 9.62. The Labute approximate surface area is 87.2 Å². The van der Waals surface area contributed by atoms with Crippen molar-refractivity contribution >= 4 is 0 Å². The lowest BCUT2D eigenvalue weighted by Crippen LogP contribution is -2.45. The minimum absolute atomic E-state index is 0.292. The van der Waals surface area contributed by atoms with Crippen molar-refractivity contribution in [3.8, 4) is 0 Å². The summed E-state index contributed by atoms with van der Waals surface area (Å²) < 4.78 is 0. The third-order valence-electron chi connectivity index (χ3n) is 4.84. The van der Waals surface area contributed by atoms with Gasteiger partial charge in [0.1, 0.15) is 0 Å². The van der Waals surface area contributed by atoms with Crippen molar-refractivity contribution in [3.63, 3.8) is 0 Å². The van der Waals surface area contributed by atoms with Gasteiger partial charge in [0.15, 0.2) is 0 Å². The zero-order valence-electron chi connectivity index (χ0n) is 9.59. The molecule has 0 amide bonds. The van der Waals surface area contributed by atoms with E-state index in [1.165, 1.54) is 19.3 Å². The molecule has 14 heavy (non-hydrogen) atoms. The van der Waals surface area contributed by atoms with Gasteiger partial charge in [-0.2, -0.15) is 0 Å². The van der Waals surface area contributed by atoms with Gasteiger partial charge in [-0.05, 0) is 49.4 Å². The zero-order chi connectivity index (χ0) is 10.6. The standard InChI is InChI=1S/C13H22O/c1-5-13(4,14)11-9-6-7-10(8-9)12(11,2)3/h5,9-11,14H,1,6-8H2,2-4H3. The Bertz CT molecular complexity index is 252. The molecule has 4 atom stereocenters.